The maximum Gasteiger partial charge on any atom is 0.194 e. The Labute approximate surface area is 132 Å². The molecule has 0 unspecified atom stereocenters. The lowest BCUT2D eigenvalue weighted by molar-refractivity contribution is 0.484. The van der Waals surface area contributed by atoms with Crippen LogP contribution in [0.3, 0.4) is 0 Å². The maximum atomic E-state index is 6.01. The summed E-state index contributed by atoms with van der Waals surface area (Å²) >= 11 is 9.51. The van der Waals surface area contributed by atoms with Crippen molar-refractivity contribution >= 4 is 27.5 Å². The van der Waals surface area contributed by atoms with Gasteiger partial charge < -0.3 is 9.73 Å². The van der Waals surface area contributed by atoms with Crippen LogP contribution in [-0.2, 0) is 6.42 Å². The summed E-state index contributed by atoms with van der Waals surface area (Å²) in [7, 11) is 0. The first-order valence-corrected chi connectivity index (χ1v) is 7.87. The van der Waals surface area contributed by atoms with Crippen molar-refractivity contribution in [2.24, 2.45) is 0 Å². The number of oxazole rings is 1. The van der Waals surface area contributed by atoms with E-state index in [0.29, 0.717) is 11.1 Å². The fourth-order valence-corrected chi connectivity index (χ4v) is 2.48. The summed E-state index contributed by atoms with van der Waals surface area (Å²) in [4.78, 5) is 4.32. The molecule has 1 aromatic carbocycles. The number of aromatic nitrogens is 1. The minimum Gasteiger partial charge on any atom is -0.441 e. The number of rotatable bonds is 6. The molecule has 0 amide bonds. The topological polar surface area (TPSA) is 38.1 Å². The Balaban J connectivity index is 2.00. The van der Waals surface area contributed by atoms with Gasteiger partial charge in [0, 0.05) is 27.5 Å². The van der Waals surface area contributed by atoms with Gasteiger partial charge in [-0.05, 0) is 31.2 Å². The Bertz CT molecular complexity index is 569. The fourth-order valence-electron chi connectivity index (χ4n) is 1.87. The summed E-state index contributed by atoms with van der Waals surface area (Å²) in [6.07, 6.45) is 3.59. The Morgan fingerprint density at radius 1 is 1.40 bits per heavy atom. The van der Waals surface area contributed by atoms with Crippen LogP contribution in [0.2, 0.25) is 5.02 Å². The molecule has 0 aliphatic carbocycles. The van der Waals surface area contributed by atoms with E-state index in [1.165, 1.54) is 0 Å². The molecule has 0 spiro atoms. The van der Waals surface area contributed by atoms with Crippen molar-refractivity contribution in [2.75, 3.05) is 6.54 Å². The monoisotopic (exact) mass is 356 g/mol. The normalized spacial score (nSPS) is 11.2. The predicted molar refractivity (Wildman–Crippen MR) is 86.1 cm³/mol. The number of benzene rings is 1. The molecule has 1 N–H and O–H groups in total. The average molecular weight is 358 g/mol. The van der Waals surface area contributed by atoms with Crippen LogP contribution < -0.4 is 5.32 Å². The van der Waals surface area contributed by atoms with Gasteiger partial charge in [0.15, 0.2) is 11.7 Å². The smallest absolute Gasteiger partial charge is 0.194 e. The third-order valence-corrected chi connectivity index (χ3v) is 3.79. The molecule has 1 heterocycles. The van der Waals surface area contributed by atoms with Gasteiger partial charge in [0.25, 0.3) is 0 Å². The molecule has 0 atom stereocenters. The van der Waals surface area contributed by atoms with Gasteiger partial charge in [-0.1, -0.05) is 41.4 Å². The van der Waals surface area contributed by atoms with Crippen LogP contribution in [0.1, 0.15) is 26.2 Å². The van der Waals surface area contributed by atoms with E-state index in [9.17, 15) is 0 Å². The summed E-state index contributed by atoms with van der Waals surface area (Å²) in [5, 5.41) is 4.06. The van der Waals surface area contributed by atoms with Crippen molar-refractivity contribution in [1.29, 1.82) is 0 Å². The van der Waals surface area contributed by atoms with Crippen LogP contribution in [0.25, 0.3) is 11.3 Å². The summed E-state index contributed by atoms with van der Waals surface area (Å²) in [5.74, 6) is 1.50. The zero-order chi connectivity index (χ0) is 14.5. The molecule has 0 aliphatic rings. The predicted octanol–water partition coefficient (Wildman–Crippen LogP) is 4.69. The van der Waals surface area contributed by atoms with E-state index in [4.69, 9.17) is 16.0 Å². The minimum absolute atomic E-state index is 0.512. The molecule has 3 nitrogen and oxygen atoms in total. The molecular formula is C15H18BrClN2O. The van der Waals surface area contributed by atoms with E-state index in [2.05, 4.69) is 40.1 Å². The van der Waals surface area contributed by atoms with Crippen molar-refractivity contribution in [2.45, 2.75) is 32.7 Å². The van der Waals surface area contributed by atoms with Crippen LogP contribution in [0.4, 0.5) is 0 Å². The fraction of sp³-hybridized carbons (Fsp3) is 0.400. The molecule has 2 rings (SSSR count). The number of hydrogen-bond acceptors (Lipinski definition) is 3. The van der Waals surface area contributed by atoms with Gasteiger partial charge in [-0.25, -0.2) is 4.98 Å². The molecule has 0 radical (unpaired) electrons. The number of nitrogens with one attached hydrogen (secondary N) is 1. The Hall–Kier alpha value is -0.840. The molecule has 108 valence electrons. The second-order valence-electron chi connectivity index (χ2n) is 4.95. The molecule has 2 aromatic rings. The van der Waals surface area contributed by atoms with Crippen molar-refractivity contribution < 1.29 is 4.42 Å². The second kappa shape index (κ2) is 7.25. The van der Waals surface area contributed by atoms with Gasteiger partial charge in [-0.3, -0.25) is 0 Å². The summed E-state index contributed by atoms with van der Waals surface area (Å²) in [6.45, 7) is 5.25. The van der Waals surface area contributed by atoms with Crippen LogP contribution in [-0.4, -0.2) is 17.6 Å². The highest BCUT2D eigenvalue weighted by Gasteiger charge is 2.10. The molecule has 5 heteroatoms. The van der Waals surface area contributed by atoms with E-state index in [1.807, 2.05) is 18.2 Å². The molecule has 0 saturated heterocycles. The van der Waals surface area contributed by atoms with Crippen LogP contribution in [0.5, 0.6) is 0 Å². The van der Waals surface area contributed by atoms with Gasteiger partial charge in [-0.15, -0.1) is 0 Å². The first-order valence-electron chi connectivity index (χ1n) is 6.70. The summed E-state index contributed by atoms with van der Waals surface area (Å²) < 4.78 is 6.74. The Kier molecular flexibility index (Phi) is 5.64. The number of aryl methyl sites for hydroxylation is 1. The van der Waals surface area contributed by atoms with E-state index in [1.54, 1.807) is 6.20 Å². The molecular weight excluding hydrogens is 340 g/mol. The highest BCUT2D eigenvalue weighted by atomic mass is 79.9. The van der Waals surface area contributed by atoms with Gasteiger partial charge >= 0.3 is 0 Å². The third-order valence-electron chi connectivity index (χ3n) is 2.87. The number of hydrogen-bond donors (Lipinski definition) is 1. The lowest BCUT2D eigenvalue weighted by Crippen LogP contribution is -2.23. The first-order chi connectivity index (χ1) is 9.56. The molecule has 1 aromatic heterocycles. The van der Waals surface area contributed by atoms with Crippen LogP contribution >= 0.6 is 27.5 Å². The molecule has 0 aliphatic heterocycles. The first kappa shape index (κ1) is 15.5. The minimum atomic E-state index is 0.512. The standard InChI is InChI=1S/C15H18BrClN2O/c1-10(2)18-7-3-4-15-19-9-14(20-15)12-8-11(17)5-6-13(12)16/h5-6,8-10,18H,3-4,7H2,1-2H3. The zero-order valence-corrected chi connectivity index (χ0v) is 14.0. The van der Waals surface area contributed by atoms with Crippen molar-refractivity contribution in [1.82, 2.24) is 10.3 Å². The maximum absolute atomic E-state index is 6.01. The SMILES string of the molecule is CC(C)NCCCc1ncc(-c2cc(Cl)ccc2Br)o1. The number of nitrogens with zero attached hydrogens (tertiary/aromatic N) is 1. The second-order valence-corrected chi connectivity index (χ2v) is 6.25. The van der Waals surface area contributed by atoms with E-state index < -0.39 is 0 Å². The van der Waals surface area contributed by atoms with Gasteiger partial charge in [-0.2, -0.15) is 0 Å². The highest BCUT2D eigenvalue weighted by molar-refractivity contribution is 9.10. The Morgan fingerprint density at radius 2 is 2.20 bits per heavy atom. The molecule has 0 bridgehead atoms. The summed E-state index contributed by atoms with van der Waals surface area (Å²) in [6, 6.07) is 6.13. The van der Waals surface area contributed by atoms with Gasteiger partial charge in [0.05, 0.1) is 6.20 Å². The van der Waals surface area contributed by atoms with Crippen molar-refractivity contribution in [3.05, 3.63) is 39.8 Å². The van der Waals surface area contributed by atoms with Crippen LogP contribution in [0, 0.1) is 0 Å². The van der Waals surface area contributed by atoms with Crippen LogP contribution in [0.15, 0.2) is 33.3 Å². The zero-order valence-electron chi connectivity index (χ0n) is 11.6. The average Bonchev–Trinajstić information content (AvgIpc) is 2.86. The van der Waals surface area contributed by atoms with Crippen molar-refractivity contribution in [3.8, 4) is 11.3 Å². The highest BCUT2D eigenvalue weighted by Crippen LogP contribution is 2.31. The van der Waals surface area contributed by atoms with Gasteiger partial charge in [0.1, 0.15) is 0 Å². The largest absolute Gasteiger partial charge is 0.441 e. The lowest BCUT2D eigenvalue weighted by atomic mass is 10.2. The lowest BCUT2D eigenvalue weighted by Gasteiger charge is -2.06. The molecule has 20 heavy (non-hydrogen) atoms. The quantitative estimate of drug-likeness (QED) is 0.762. The molecule has 0 fully saturated rings. The third kappa shape index (κ3) is 4.33. The van der Waals surface area contributed by atoms with E-state index in [-0.39, 0.29) is 0 Å². The summed E-state index contributed by atoms with van der Waals surface area (Å²) in [5.41, 5.74) is 0.927. The van der Waals surface area contributed by atoms with Gasteiger partial charge in [0.2, 0.25) is 0 Å². The number of halogens is 2. The van der Waals surface area contributed by atoms with Crippen molar-refractivity contribution in [3.63, 3.8) is 0 Å². The Morgan fingerprint density at radius 3 is 2.95 bits per heavy atom. The van der Waals surface area contributed by atoms with E-state index >= 15 is 0 Å². The van der Waals surface area contributed by atoms with E-state index in [0.717, 1.165) is 41.1 Å². The molecule has 0 saturated carbocycles.